The normalized spacial score (nSPS) is 11.9. The van der Waals surface area contributed by atoms with Crippen molar-refractivity contribution in [2.45, 2.75) is 32.2 Å². The summed E-state index contributed by atoms with van der Waals surface area (Å²) in [5.41, 5.74) is 7.68. The van der Waals surface area contributed by atoms with E-state index in [4.69, 9.17) is 14.6 Å². The third kappa shape index (κ3) is 5.83. The third-order valence-corrected chi connectivity index (χ3v) is 6.60. The Labute approximate surface area is 218 Å². The summed E-state index contributed by atoms with van der Waals surface area (Å²) in [4.78, 5) is 47.7. The molecule has 10 nitrogen and oxygen atoms in total. The molecule has 1 atom stereocenters. The number of halogens is 1. The Kier molecular flexibility index (Phi) is 7.63. The molecule has 2 aromatic heterocycles. The van der Waals surface area contributed by atoms with Crippen molar-refractivity contribution in [2.24, 2.45) is 5.73 Å². The van der Waals surface area contributed by atoms with Crippen molar-refractivity contribution in [3.05, 3.63) is 68.7 Å². The van der Waals surface area contributed by atoms with Crippen LogP contribution in [0.5, 0.6) is 0 Å². The molecule has 0 aliphatic carbocycles. The van der Waals surface area contributed by atoms with Crippen LogP contribution in [0.4, 0.5) is 4.79 Å². The number of amides is 3. The minimum atomic E-state index is -1.22. The fourth-order valence-electron chi connectivity index (χ4n) is 4.15. The van der Waals surface area contributed by atoms with Crippen molar-refractivity contribution in [3.8, 4) is 11.1 Å². The average molecular weight is 570 g/mol. The van der Waals surface area contributed by atoms with Gasteiger partial charge in [0.1, 0.15) is 17.2 Å². The number of carbonyl (C=O) groups excluding carboxylic acids is 2. The summed E-state index contributed by atoms with van der Waals surface area (Å²) in [6.07, 6.45) is 1.65. The Balaban J connectivity index is 1.60. The summed E-state index contributed by atoms with van der Waals surface area (Å²) in [5.74, 6) is -1.86. The molecule has 5 N–H and O–H groups in total. The predicted octanol–water partition coefficient (Wildman–Crippen LogP) is 3.84. The van der Waals surface area contributed by atoms with Crippen LogP contribution in [-0.2, 0) is 16.0 Å². The molecule has 2 heterocycles. The number of aliphatic carboxylic acids is 1. The number of nitrogens with one attached hydrogen (secondary N) is 2. The summed E-state index contributed by atoms with van der Waals surface area (Å²) in [6, 6.07) is 9.36. The number of carboxylic acid groups (broad SMARTS) is 1. The molecule has 11 heteroatoms. The van der Waals surface area contributed by atoms with E-state index in [0.29, 0.717) is 28.5 Å². The smallest absolute Gasteiger partial charge is 0.340 e. The lowest BCUT2D eigenvalue weighted by atomic mass is 9.99. The molecule has 0 spiro atoms. The number of furan rings is 1. The number of hydrogen-bond acceptors (Lipinski definition) is 6. The lowest BCUT2D eigenvalue weighted by Gasteiger charge is -2.15. The van der Waals surface area contributed by atoms with Crippen molar-refractivity contribution in [3.63, 3.8) is 0 Å². The molecule has 0 saturated heterocycles. The molecular formula is C26H24BrN3O7. The minimum Gasteiger partial charge on any atom is -0.480 e. The Bertz CT molecular complexity index is 1560. The van der Waals surface area contributed by atoms with Gasteiger partial charge in [0.15, 0.2) is 0 Å². The molecule has 0 bridgehead atoms. The van der Waals surface area contributed by atoms with Crippen molar-refractivity contribution in [1.82, 2.24) is 10.6 Å². The quantitative estimate of drug-likeness (QED) is 0.175. The van der Waals surface area contributed by atoms with Gasteiger partial charge in [-0.05, 0) is 49.1 Å². The van der Waals surface area contributed by atoms with E-state index in [1.54, 1.807) is 19.3 Å². The van der Waals surface area contributed by atoms with Crippen LogP contribution >= 0.6 is 15.9 Å². The zero-order valence-corrected chi connectivity index (χ0v) is 21.4. The lowest BCUT2D eigenvalue weighted by Crippen LogP contribution is -2.42. The summed E-state index contributed by atoms with van der Waals surface area (Å²) < 4.78 is 12.2. The van der Waals surface area contributed by atoms with Gasteiger partial charge in [-0.25, -0.2) is 14.4 Å². The molecule has 2 aromatic carbocycles. The Morgan fingerprint density at radius 1 is 1.11 bits per heavy atom. The second kappa shape index (κ2) is 10.9. The molecule has 4 rings (SSSR count). The zero-order chi connectivity index (χ0) is 26.7. The summed E-state index contributed by atoms with van der Waals surface area (Å²) in [7, 11) is 0. The molecule has 0 unspecified atom stereocenters. The largest absolute Gasteiger partial charge is 0.480 e. The number of nitrogens with two attached hydrogens (primary N) is 1. The van der Waals surface area contributed by atoms with Gasteiger partial charge in [-0.2, -0.15) is 0 Å². The number of primary amides is 1. The first-order chi connectivity index (χ1) is 17.6. The van der Waals surface area contributed by atoms with E-state index in [0.717, 1.165) is 21.0 Å². The molecule has 0 radical (unpaired) electrons. The van der Waals surface area contributed by atoms with Gasteiger partial charge in [-0.1, -0.05) is 28.1 Å². The Morgan fingerprint density at radius 3 is 2.51 bits per heavy atom. The van der Waals surface area contributed by atoms with Gasteiger partial charge in [-0.3, -0.25) is 4.79 Å². The predicted molar refractivity (Wildman–Crippen MR) is 140 cm³/mol. The number of benzene rings is 2. The van der Waals surface area contributed by atoms with Gasteiger partial charge in [0.2, 0.25) is 5.91 Å². The van der Waals surface area contributed by atoms with E-state index >= 15 is 0 Å². The molecule has 4 aromatic rings. The van der Waals surface area contributed by atoms with Crippen molar-refractivity contribution < 1.29 is 28.3 Å². The highest BCUT2D eigenvalue weighted by Crippen LogP contribution is 2.35. The molecule has 3 amide bonds. The second-order valence-corrected chi connectivity index (χ2v) is 9.48. The average Bonchev–Trinajstić information content (AvgIpc) is 3.25. The molecule has 0 fully saturated rings. The molecule has 0 aliphatic heterocycles. The van der Waals surface area contributed by atoms with Gasteiger partial charge >= 0.3 is 17.6 Å². The van der Waals surface area contributed by atoms with E-state index < -0.39 is 29.6 Å². The first kappa shape index (κ1) is 26.0. The minimum absolute atomic E-state index is 0.0734. The van der Waals surface area contributed by atoms with E-state index in [9.17, 15) is 24.3 Å². The highest BCUT2D eigenvalue weighted by molar-refractivity contribution is 9.10. The lowest BCUT2D eigenvalue weighted by molar-refractivity contribution is -0.141. The van der Waals surface area contributed by atoms with Gasteiger partial charge in [0.05, 0.1) is 18.2 Å². The van der Waals surface area contributed by atoms with E-state index in [2.05, 4.69) is 26.6 Å². The van der Waals surface area contributed by atoms with E-state index in [1.165, 1.54) is 0 Å². The second-order valence-electron chi connectivity index (χ2n) is 8.56. The SMILES string of the molecule is Cc1c(CC(=O)N[C@H](CCCNC(N)=O)C(=O)O)c(=O)oc2cc3occ(-c4ccc(Br)cc4)c3cc12. The zero-order valence-electron chi connectivity index (χ0n) is 19.8. The standard InChI is InChI=1S/C26H24BrN3O7/c1-13-16-9-18-19(14-4-6-15(27)7-5-14)12-36-21(18)11-22(16)37-25(34)17(13)10-23(31)30-20(24(32)33)3-2-8-29-26(28)35/h4-7,9,11-12,20H,2-3,8,10H2,1H3,(H,30,31)(H,32,33)(H3,28,29,35)/t20-/m1/s1. The van der Waals surface area contributed by atoms with Crippen molar-refractivity contribution in [1.29, 1.82) is 0 Å². The molecular weight excluding hydrogens is 546 g/mol. The molecule has 0 saturated carbocycles. The fraction of sp³-hybridized carbons (Fsp3) is 0.231. The number of urea groups is 1. The monoisotopic (exact) mass is 569 g/mol. The Morgan fingerprint density at radius 2 is 1.84 bits per heavy atom. The summed E-state index contributed by atoms with van der Waals surface area (Å²) in [5, 5.41) is 15.7. The van der Waals surface area contributed by atoms with Gasteiger partial charge < -0.3 is 30.3 Å². The number of rotatable bonds is 9. The maximum Gasteiger partial charge on any atom is 0.340 e. The van der Waals surface area contributed by atoms with Crippen LogP contribution in [0.25, 0.3) is 33.1 Å². The molecule has 192 valence electrons. The highest BCUT2D eigenvalue weighted by Gasteiger charge is 2.22. The summed E-state index contributed by atoms with van der Waals surface area (Å²) in [6.45, 7) is 1.89. The van der Waals surface area contributed by atoms with Crippen LogP contribution < -0.4 is 22.0 Å². The van der Waals surface area contributed by atoms with E-state index in [-0.39, 0.29) is 24.9 Å². The maximum absolute atomic E-state index is 12.7. The number of carbonyl (C=O) groups is 3. The van der Waals surface area contributed by atoms with E-state index in [1.807, 2.05) is 30.3 Å². The number of carboxylic acids is 1. The van der Waals surface area contributed by atoms with Crippen molar-refractivity contribution >= 4 is 55.8 Å². The third-order valence-electron chi connectivity index (χ3n) is 6.08. The number of aryl methyl sites for hydroxylation is 1. The fourth-order valence-corrected chi connectivity index (χ4v) is 4.41. The van der Waals surface area contributed by atoms with Crippen LogP contribution in [0.15, 0.2) is 60.8 Å². The maximum atomic E-state index is 12.7. The van der Waals surface area contributed by atoms with Crippen LogP contribution in [0.2, 0.25) is 0 Å². The van der Waals surface area contributed by atoms with Crippen LogP contribution in [-0.4, -0.2) is 35.6 Å². The van der Waals surface area contributed by atoms with Crippen molar-refractivity contribution in [2.75, 3.05) is 6.54 Å². The Hall–Kier alpha value is -4.12. The highest BCUT2D eigenvalue weighted by atomic mass is 79.9. The van der Waals surface area contributed by atoms with Crippen LogP contribution in [0.3, 0.4) is 0 Å². The first-order valence-electron chi connectivity index (χ1n) is 11.4. The summed E-state index contributed by atoms with van der Waals surface area (Å²) >= 11 is 3.43. The number of hydrogen-bond donors (Lipinski definition) is 4. The number of fused-ring (bicyclic) bond motifs is 2. The topological polar surface area (TPSA) is 165 Å². The van der Waals surface area contributed by atoms with Crippen LogP contribution in [0, 0.1) is 6.92 Å². The first-order valence-corrected chi connectivity index (χ1v) is 12.2. The molecule has 0 aliphatic rings. The van der Waals surface area contributed by atoms with Gasteiger partial charge in [-0.15, -0.1) is 0 Å². The molecule has 37 heavy (non-hydrogen) atoms. The van der Waals surface area contributed by atoms with Gasteiger partial charge in [0.25, 0.3) is 0 Å². The van der Waals surface area contributed by atoms with Gasteiger partial charge in [0, 0.05) is 33.4 Å². The van der Waals surface area contributed by atoms with Crippen LogP contribution in [0.1, 0.15) is 24.0 Å².